The van der Waals surface area contributed by atoms with Crippen LogP contribution in [0, 0.1) is 13.8 Å². The average Bonchev–Trinajstić information content (AvgIpc) is 3.15. The Hall–Kier alpha value is -3.17. The number of nitrogens with one attached hydrogen (secondary N) is 1. The third kappa shape index (κ3) is 5.31. The van der Waals surface area contributed by atoms with E-state index in [2.05, 4.69) is 4.72 Å². The number of hydrogen-bond donors (Lipinski definition) is 1. The molecule has 1 aromatic heterocycles. The molecule has 182 valence electrons. The number of esters is 2. The van der Waals surface area contributed by atoms with Gasteiger partial charge in [-0.2, -0.15) is 4.72 Å². The SMILES string of the molecule is CCOC(=O)Cc1cc(C)ccc1S(=O)(=O)NC(C)n1c(C(=O)OCC)cc2c(C)cccc21. The summed E-state index contributed by atoms with van der Waals surface area (Å²) in [6, 6.07) is 12.1. The molecule has 0 radical (unpaired) electrons. The number of carbonyl (C=O) groups is 2. The van der Waals surface area contributed by atoms with Crippen LogP contribution in [0.2, 0.25) is 0 Å². The highest BCUT2D eigenvalue weighted by molar-refractivity contribution is 7.89. The summed E-state index contributed by atoms with van der Waals surface area (Å²) in [6.45, 7) is 9.20. The van der Waals surface area contributed by atoms with E-state index in [9.17, 15) is 18.0 Å². The van der Waals surface area contributed by atoms with Crippen LogP contribution in [0.5, 0.6) is 0 Å². The molecule has 1 unspecified atom stereocenters. The van der Waals surface area contributed by atoms with Crippen molar-refractivity contribution in [3.05, 3.63) is 64.8 Å². The van der Waals surface area contributed by atoms with Crippen LogP contribution >= 0.6 is 0 Å². The molecular weight excluding hydrogens is 456 g/mol. The fourth-order valence-electron chi connectivity index (χ4n) is 4.00. The van der Waals surface area contributed by atoms with Crippen molar-refractivity contribution < 1.29 is 27.5 Å². The number of sulfonamides is 1. The predicted octanol–water partition coefficient (Wildman–Crippen LogP) is 4.04. The van der Waals surface area contributed by atoms with E-state index >= 15 is 0 Å². The quantitative estimate of drug-likeness (QED) is 0.458. The third-order valence-electron chi connectivity index (χ3n) is 5.44. The van der Waals surface area contributed by atoms with Gasteiger partial charge < -0.3 is 14.0 Å². The van der Waals surface area contributed by atoms with Crippen molar-refractivity contribution in [3.63, 3.8) is 0 Å². The van der Waals surface area contributed by atoms with Crippen LogP contribution in [0.15, 0.2) is 47.4 Å². The van der Waals surface area contributed by atoms with Crippen molar-refractivity contribution in [2.75, 3.05) is 13.2 Å². The number of aromatic nitrogens is 1. The standard InChI is InChI=1S/C25H30N2O6S/c1-6-32-24(28)14-19-13-16(3)11-12-23(19)34(30,31)26-18(5)27-21-10-8-9-17(4)20(21)15-22(27)25(29)33-7-2/h8-13,15,18,26H,6-7,14H2,1-5H3. The minimum Gasteiger partial charge on any atom is -0.466 e. The third-order valence-corrected chi connectivity index (χ3v) is 7.07. The lowest BCUT2D eigenvalue weighted by molar-refractivity contribution is -0.142. The molecule has 0 fully saturated rings. The number of ether oxygens (including phenoxy) is 2. The Balaban J connectivity index is 2.04. The van der Waals surface area contributed by atoms with Crippen molar-refractivity contribution in [1.29, 1.82) is 0 Å². The van der Waals surface area contributed by atoms with E-state index in [-0.39, 0.29) is 30.2 Å². The molecule has 0 saturated heterocycles. The van der Waals surface area contributed by atoms with Gasteiger partial charge in [0.25, 0.3) is 0 Å². The van der Waals surface area contributed by atoms with Gasteiger partial charge in [-0.3, -0.25) is 4.79 Å². The maximum atomic E-state index is 13.4. The lowest BCUT2D eigenvalue weighted by atomic mass is 10.1. The number of fused-ring (bicyclic) bond motifs is 1. The highest BCUT2D eigenvalue weighted by Crippen LogP contribution is 2.28. The molecule has 0 spiro atoms. The number of hydrogen-bond acceptors (Lipinski definition) is 6. The van der Waals surface area contributed by atoms with E-state index in [1.807, 2.05) is 32.0 Å². The highest BCUT2D eigenvalue weighted by Gasteiger charge is 2.27. The largest absolute Gasteiger partial charge is 0.466 e. The van der Waals surface area contributed by atoms with Gasteiger partial charge in [0.05, 0.1) is 36.2 Å². The first-order valence-electron chi connectivity index (χ1n) is 11.1. The normalized spacial score (nSPS) is 12.5. The molecule has 1 heterocycles. The van der Waals surface area contributed by atoms with E-state index in [4.69, 9.17) is 9.47 Å². The summed E-state index contributed by atoms with van der Waals surface area (Å²) >= 11 is 0. The van der Waals surface area contributed by atoms with Crippen molar-refractivity contribution >= 4 is 32.9 Å². The molecule has 8 nitrogen and oxygen atoms in total. The molecular formula is C25H30N2O6S. The van der Waals surface area contributed by atoms with Crippen LogP contribution in [0.25, 0.3) is 10.9 Å². The Kier molecular flexibility index (Phi) is 7.78. The zero-order valence-corrected chi connectivity index (χ0v) is 20.9. The minimum absolute atomic E-state index is 0.0108. The molecule has 2 aromatic carbocycles. The van der Waals surface area contributed by atoms with Gasteiger partial charge in [-0.05, 0) is 63.9 Å². The molecule has 1 atom stereocenters. The monoisotopic (exact) mass is 486 g/mol. The Morgan fingerprint density at radius 3 is 2.41 bits per heavy atom. The second kappa shape index (κ2) is 10.4. The van der Waals surface area contributed by atoms with E-state index in [0.29, 0.717) is 11.1 Å². The average molecular weight is 487 g/mol. The zero-order chi connectivity index (χ0) is 25.0. The van der Waals surface area contributed by atoms with Gasteiger partial charge in [-0.25, -0.2) is 13.2 Å². The van der Waals surface area contributed by atoms with E-state index in [1.54, 1.807) is 43.5 Å². The Morgan fingerprint density at radius 1 is 1.03 bits per heavy atom. The Morgan fingerprint density at radius 2 is 1.74 bits per heavy atom. The molecule has 9 heteroatoms. The number of rotatable bonds is 9. The summed E-state index contributed by atoms with van der Waals surface area (Å²) in [7, 11) is -4.06. The second-order valence-corrected chi connectivity index (χ2v) is 9.70. The van der Waals surface area contributed by atoms with Gasteiger partial charge in [0, 0.05) is 5.39 Å². The minimum atomic E-state index is -4.06. The first kappa shape index (κ1) is 25.5. The molecule has 0 aliphatic rings. The number of benzene rings is 2. The Bertz CT molecular complexity index is 1330. The number of nitrogens with zero attached hydrogens (tertiary/aromatic N) is 1. The number of carbonyl (C=O) groups excluding carboxylic acids is 2. The van der Waals surface area contributed by atoms with Crippen molar-refractivity contribution in [2.24, 2.45) is 0 Å². The molecule has 0 aliphatic heterocycles. The van der Waals surface area contributed by atoms with Gasteiger partial charge in [0.1, 0.15) is 5.69 Å². The summed E-state index contributed by atoms with van der Waals surface area (Å²) in [5.41, 5.74) is 3.07. The lowest BCUT2D eigenvalue weighted by Gasteiger charge is -2.21. The lowest BCUT2D eigenvalue weighted by Crippen LogP contribution is -2.33. The van der Waals surface area contributed by atoms with E-state index in [1.165, 1.54) is 6.07 Å². The fraction of sp³-hybridized carbons (Fsp3) is 0.360. The Labute approximate surface area is 199 Å². The summed E-state index contributed by atoms with van der Waals surface area (Å²) in [4.78, 5) is 24.8. The van der Waals surface area contributed by atoms with Gasteiger partial charge in [-0.1, -0.05) is 29.8 Å². The van der Waals surface area contributed by atoms with Crippen LogP contribution in [-0.4, -0.2) is 38.1 Å². The molecule has 0 aliphatic carbocycles. The number of aryl methyl sites for hydroxylation is 2. The maximum absolute atomic E-state index is 13.4. The van der Waals surface area contributed by atoms with Crippen LogP contribution in [0.3, 0.4) is 0 Å². The van der Waals surface area contributed by atoms with Gasteiger partial charge in [0.15, 0.2) is 0 Å². The van der Waals surface area contributed by atoms with E-state index < -0.39 is 28.1 Å². The van der Waals surface area contributed by atoms with Crippen LogP contribution in [0.4, 0.5) is 0 Å². The molecule has 34 heavy (non-hydrogen) atoms. The molecule has 0 saturated carbocycles. The molecule has 3 aromatic rings. The van der Waals surface area contributed by atoms with Gasteiger partial charge >= 0.3 is 11.9 Å². The predicted molar refractivity (Wildman–Crippen MR) is 129 cm³/mol. The molecule has 0 amide bonds. The summed E-state index contributed by atoms with van der Waals surface area (Å²) in [5.74, 6) is -1.04. The zero-order valence-electron chi connectivity index (χ0n) is 20.0. The van der Waals surface area contributed by atoms with Crippen LogP contribution in [0.1, 0.15) is 54.1 Å². The van der Waals surface area contributed by atoms with Gasteiger partial charge in [0.2, 0.25) is 10.0 Å². The molecule has 1 N–H and O–H groups in total. The summed E-state index contributed by atoms with van der Waals surface area (Å²) < 4.78 is 41.4. The van der Waals surface area contributed by atoms with Crippen molar-refractivity contribution in [1.82, 2.24) is 9.29 Å². The molecule has 3 rings (SSSR count). The summed E-state index contributed by atoms with van der Waals surface area (Å²) in [5, 5.41) is 0.829. The van der Waals surface area contributed by atoms with Gasteiger partial charge in [-0.15, -0.1) is 0 Å². The van der Waals surface area contributed by atoms with Crippen molar-refractivity contribution in [3.8, 4) is 0 Å². The maximum Gasteiger partial charge on any atom is 0.355 e. The molecule has 0 bridgehead atoms. The summed E-state index contributed by atoms with van der Waals surface area (Å²) in [6.07, 6.45) is -0.986. The van der Waals surface area contributed by atoms with Crippen LogP contribution < -0.4 is 4.72 Å². The highest BCUT2D eigenvalue weighted by atomic mass is 32.2. The first-order chi connectivity index (χ1) is 16.1. The van der Waals surface area contributed by atoms with Crippen molar-refractivity contribution in [2.45, 2.75) is 52.1 Å². The topological polar surface area (TPSA) is 104 Å². The fourth-order valence-corrected chi connectivity index (χ4v) is 5.40. The second-order valence-electron chi connectivity index (χ2n) is 8.02. The smallest absolute Gasteiger partial charge is 0.355 e. The first-order valence-corrected chi connectivity index (χ1v) is 12.6. The van der Waals surface area contributed by atoms with E-state index in [0.717, 1.165) is 16.5 Å². The van der Waals surface area contributed by atoms with Crippen LogP contribution in [-0.2, 0) is 30.7 Å².